The van der Waals surface area contributed by atoms with Gasteiger partial charge in [0.05, 0.1) is 6.26 Å². The molecule has 0 atom stereocenters. The van der Waals surface area contributed by atoms with E-state index in [4.69, 9.17) is 4.42 Å². The van der Waals surface area contributed by atoms with Crippen LogP contribution in [0.1, 0.15) is 10.5 Å². The van der Waals surface area contributed by atoms with E-state index in [1.807, 2.05) is 0 Å². The molecular formula is C9H7N3O2. The number of aromatic nitrogens is 2. The smallest absolute Gasteiger partial charge is 0.276 e. The van der Waals surface area contributed by atoms with Crippen LogP contribution in [-0.4, -0.2) is 15.9 Å². The second-order valence-electron chi connectivity index (χ2n) is 2.53. The highest BCUT2D eigenvalue weighted by molar-refractivity contribution is 6.01. The normalized spacial score (nSPS) is 9.71. The number of rotatable bonds is 2. The third kappa shape index (κ3) is 1.77. The molecule has 0 aliphatic heterocycles. The van der Waals surface area contributed by atoms with Crippen LogP contribution in [0.2, 0.25) is 0 Å². The largest absolute Gasteiger partial charge is 0.449 e. The van der Waals surface area contributed by atoms with Gasteiger partial charge in [-0.05, 0) is 12.1 Å². The quantitative estimate of drug-likeness (QED) is 0.773. The van der Waals surface area contributed by atoms with E-state index in [2.05, 4.69) is 15.3 Å². The van der Waals surface area contributed by atoms with Gasteiger partial charge in [-0.1, -0.05) is 0 Å². The number of amides is 1. The average Bonchev–Trinajstić information content (AvgIpc) is 2.72. The molecule has 0 aliphatic rings. The summed E-state index contributed by atoms with van der Waals surface area (Å²) in [5.41, 5.74) is 0.302. The Morgan fingerprint density at radius 3 is 3.00 bits per heavy atom. The summed E-state index contributed by atoms with van der Waals surface area (Å²) in [5, 5.41) is 2.54. The molecule has 2 aromatic heterocycles. The van der Waals surface area contributed by atoms with Gasteiger partial charge in [-0.2, -0.15) is 0 Å². The van der Waals surface area contributed by atoms with Crippen LogP contribution in [-0.2, 0) is 0 Å². The van der Waals surface area contributed by atoms with E-state index in [9.17, 15) is 4.79 Å². The van der Waals surface area contributed by atoms with Gasteiger partial charge in [-0.3, -0.25) is 10.1 Å². The van der Waals surface area contributed by atoms with Crippen molar-refractivity contribution >= 4 is 11.8 Å². The highest BCUT2D eigenvalue weighted by Gasteiger charge is 2.07. The molecule has 1 amide bonds. The average molecular weight is 189 g/mol. The zero-order valence-corrected chi connectivity index (χ0v) is 7.18. The van der Waals surface area contributed by atoms with Crippen molar-refractivity contribution in [1.82, 2.24) is 9.97 Å². The van der Waals surface area contributed by atoms with Crippen LogP contribution >= 0.6 is 0 Å². The maximum atomic E-state index is 11.5. The minimum Gasteiger partial charge on any atom is -0.449 e. The van der Waals surface area contributed by atoms with Gasteiger partial charge in [0, 0.05) is 12.3 Å². The molecule has 2 rings (SSSR count). The summed E-state index contributed by atoms with van der Waals surface area (Å²) in [5.74, 6) is 0.0796. The molecule has 0 saturated heterocycles. The maximum absolute atomic E-state index is 11.5. The fraction of sp³-hybridized carbons (Fsp3) is 0. The first-order valence-corrected chi connectivity index (χ1v) is 3.97. The number of carbonyl (C=O) groups excluding carboxylic acids is 1. The Bertz CT molecular complexity index is 411. The van der Waals surface area contributed by atoms with E-state index in [0.717, 1.165) is 0 Å². The van der Waals surface area contributed by atoms with E-state index in [1.54, 1.807) is 12.1 Å². The van der Waals surface area contributed by atoms with Crippen LogP contribution in [0.4, 0.5) is 5.88 Å². The van der Waals surface area contributed by atoms with Gasteiger partial charge in [0.2, 0.25) is 0 Å². The van der Waals surface area contributed by atoms with Crippen LogP contribution in [0.5, 0.6) is 0 Å². The van der Waals surface area contributed by atoms with Crippen LogP contribution < -0.4 is 5.32 Å². The molecule has 70 valence electrons. The van der Waals surface area contributed by atoms with Crippen molar-refractivity contribution in [2.24, 2.45) is 0 Å². The minimum atomic E-state index is -0.317. The standard InChI is InChI=1S/C9H7N3O2/c13-9(7-3-4-10-6-11-7)12-8-2-1-5-14-8/h1-6H,(H,12,13). The summed E-state index contributed by atoms with van der Waals surface area (Å²) in [7, 11) is 0. The van der Waals surface area contributed by atoms with Gasteiger partial charge in [0.1, 0.15) is 12.0 Å². The van der Waals surface area contributed by atoms with Gasteiger partial charge >= 0.3 is 0 Å². The van der Waals surface area contributed by atoms with Crippen molar-refractivity contribution in [1.29, 1.82) is 0 Å². The van der Waals surface area contributed by atoms with Crippen molar-refractivity contribution in [3.63, 3.8) is 0 Å². The summed E-state index contributed by atoms with van der Waals surface area (Å²) < 4.78 is 4.95. The highest BCUT2D eigenvalue weighted by Crippen LogP contribution is 2.07. The summed E-state index contributed by atoms with van der Waals surface area (Å²) >= 11 is 0. The fourth-order valence-corrected chi connectivity index (χ4v) is 0.951. The zero-order chi connectivity index (χ0) is 9.80. The SMILES string of the molecule is O=C(Nc1ccco1)c1ccncn1. The van der Waals surface area contributed by atoms with Crippen LogP contribution in [0.3, 0.4) is 0 Å². The minimum absolute atomic E-state index is 0.302. The molecule has 0 spiro atoms. The van der Waals surface area contributed by atoms with Gasteiger partial charge in [0.25, 0.3) is 5.91 Å². The van der Waals surface area contributed by atoms with E-state index in [1.165, 1.54) is 24.9 Å². The lowest BCUT2D eigenvalue weighted by atomic mass is 10.4. The van der Waals surface area contributed by atoms with E-state index in [0.29, 0.717) is 11.6 Å². The van der Waals surface area contributed by atoms with Gasteiger partial charge in [-0.15, -0.1) is 0 Å². The molecule has 14 heavy (non-hydrogen) atoms. The first kappa shape index (κ1) is 8.43. The molecule has 2 heterocycles. The number of nitrogens with zero attached hydrogens (tertiary/aromatic N) is 2. The van der Waals surface area contributed by atoms with Gasteiger partial charge < -0.3 is 4.42 Å². The third-order valence-electron chi connectivity index (χ3n) is 1.57. The molecule has 0 unspecified atom stereocenters. The lowest BCUT2D eigenvalue weighted by molar-refractivity contribution is 0.102. The van der Waals surface area contributed by atoms with E-state index in [-0.39, 0.29) is 5.91 Å². The topological polar surface area (TPSA) is 68.0 Å². The molecule has 0 radical (unpaired) electrons. The second-order valence-corrected chi connectivity index (χ2v) is 2.53. The third-order valence-corrected chi connectivity index (χ3v) is 1.57. The number of hydrogen-bond acceptors (Lipinski definition) is 4. The molecule has 0 aliphatic carbocycles. The first-order valence-electron chi connectivity index (χ1n) is 3.97. The summed E-state index contributed by atoms with van der Waals surface area (Å²) in [6, 6.07) is 4.87. The Balaban J connectivity index is 2.11. The Morgan fingerprint density at radius 2 is 2.36 bits per heavy atom. The molecule has 0 fully saturated rings. The summed E-state index contributed by atoms with van der Waals surface area (Å²) in [6.45, 7) is 0. The highest BCUT2D eigenvalue weighted by atomic mass is 16.3. The molecule has 0 bridgehead atoms. The number of furan rings is 1. The fourth-order valence-electron chi connectivity index (χ4n) is 0.951. The van der Waals surface area contributed by atoms with Crippen LogP contribution in [0.15, 0.2) is 41.4 Å². The second kappa shape index (κ2) is 3.69. The Morgan fingerprint density at radius 1 is 1.43 bits per heavy atom. The van der Waals surface area contributed by atoms with Crippen molar-refractivity contribution in [3.05, 3.63) is 42.7 Å². The predicted octanol–water partition coefficient (Wildman–Crippen LogP) is 1.32. The van der Waals surface area contributed by atoms with E-state index >= 15 is 0 Å². The zero-order valence-electron chi connectivity index (χ0n) is 7.18. The lowest BCUT2D eigenvalue weighted by Crippen LogP contribution is -2.12. The Kier molecular flexibility index (Phi) is 2.22. The first-order chi connectivity index (χ1) is 6.86. The van der Waals surface area contributed by atoms with Crippen LogP contribution in [0.25, 0.3) is 0 Å². The monoisotopic (exact) mass is 189 g/mol. The van der Waals surface area contributed by atoms with Crippen molar-refractivity contribution in [2.75, 3.05) is 5.32 Å². The van der Waals surface area contributed by atoms with Gasteiger partial charge in [0.15, 0.2) is 5.88 Å². The molecule has 0 saturated carbocycles. The number of carbonyl (C=O) groups is 1. The molecular weight excluding hydrogens is 182 g/mol. The number of nitrogens with one attached hydrogen (secondary N) is 1. The van der Waals surface area contributed by atoms with Gasteiger partial charge in [-0.25, -0.2) is 9.97 Å². The van der Waals surface area contributed by atoms with E-state index < -0.39 is 0 Å². The Hall–Kier alpha value is -2.17. The number of hydrogen-bond donors (Lipinski definition) is 1. The predicted molar refractivity (Wildman–Crippen MR) is 48.7 cm³/mol. The lowest BCUT2D eigenvalue weighted by Gasteiger charge is -1.99. The van der Waals surface area contributed by atoms with Crippen molar-refractivity contribution in [2.45, 2.75) is 0 Å². The molecule has 5 heteroatoms. The molecule has 5 nitrogen and oxygen atoms in total. The Labute approximate surface area is 79.8 Å². The van der Waals surface area contributed by atoms with Crippen LogP contribution in [0, 0.1) is 0 Å². The number of anilines is 1. The van der Waals surface area contributed by atoms with Crippen molar-refractivity contribution < 1.29 is 9.21 Å². The maximum Gasteiger partial charge on any atom is 0.276 e. The molecule has 0 aromatic carbocycles. The summed E-state index contributed by atoms with van der Waals surface area (Å²) in [6.07, 6.45) is 4.30. The van der Waals surface area contributed by atoms with Crippen molar-refractivity contribution in [3.8, 4) is 0 Å². The molecule has 2 aromatic rings. The molecule has 1 N–H and O–H groups in total. The summed E-state index contributed by atoms with van der Waals surface area (Å²) in [4.78, 5) is 19.0.